The van der Waals surface area contributed by atoms with Gasteiger partial charge in [0.25, 0.3) is 5.91 Å². The molecule has 2 fully saturated rings. The standard InChI is InChI=1S/C15H20N2O3S/c1-9-2-5-12(21(16,19)20)8-13(9)15(18)17-14-7-10-3-4-11(14)6-10/h2,5,8,10-11,14H,3-4,6-7H2,1H3,(H,17,18)(H2,16,19,20). The van der Waals surface area contributed by atoms with Crippen LogP contribution in [0.25, 0.3) is 0 Å². The van der Waals surface area contributed by atoms with Crippen molar-refractivity contribution in [3.8, 4) is 0 Å². The first kappa shape index (κ1) is 14.5. The van der Waals surface area contributed by atoms with Crippen LogP contribution in [0.15, 0.2) is 23.1 Å². The minimum atomic E-state index is -3.79. The zero-order valence-corrected chi connectivity index (χ0v) is 12.8. The fourth-order valence-corrected chi connectivity index (χ4v) is 4.23. The SMILES string of the molecule is Cc1ccc(S(N)(=O)=O)cc1C(=O)NC1CC2CCC1C2. The molecule has 114 valence electrons. The number of rotatable bonds is 3. The van der Waals surface area contributed by atoms with Crippen LogP contribution in [0.5, 0.6) is 0 Å². The highest BCUT2D eigenvalue weighted by Crippen LogP contribution is 2.44. The van der Waals surface area contributed by atoms with Gasteiger partial charge in [0.1, 0.15) is 0 Å². The largest absolute Gasteiger partial charge is 0.349 e. The molecule has 21 heavy (non-hydrogen) atoms. The maximum Gasteiger partial charge on any atom is 0.251 e. The van der Waals surface area contributed by atoms with E-state index in [1.54, 1.807) is 13.0 Å². The first-order valence-electron chi connectivity index (χ1n) is 7.29. The summed E-state index contributed by atoms with van der Waals surface area (Å²) >= 11 is 0. The van der Waals surface area contributed by atoms with Crippen molar-refractivity contribution in [3.63, 3.8) is 0 Å². The summed E-state index contributed by atoms with van der Waals surface area (Å²) in [5, 5.41) is 8.20. The third-order valence-electron chi connectivity index (χ3n) is 4.84. The molecule has 5 nitrogen and oxygen atoms in total. The van der Waals surface area contributed by atoms with Gasteiger partial charge < -0.3 is 5.32 Å². The molecule has 1 amide bonds. The predicted octanol–water partition coefficient (Wildman–Crippen LogP) is 1.56. The first-order valence-corrected chi connectivity index (χ1v) is 8.83. The molecule has 3 rings (SSSR count). The number of benzene rings is 1. The zero-order valence-electron chi connectivity index (χ0n) is 12.0. The second-order valence-corrected chi connectivity index (χ2v) is 7.84. The van der Waals surface area contributed by atoms with Gasteiger partial charge >= 0.3 is 0 Å². The highest BCUT2D eigenvalue weighted by molar-refractivity contribution is 7.89. The van der Waals surface area contributed by atoms with E-state index in [0.29, 0.717) is 11.5 Å². The van der Waals surface area contributed by atoms with Crippen LogP contribution < -0.4 is 10.5 Å². The van der Waals surface area contributed by atoms with E-state index in [-0.39, 0.29) is 16.8 Å². The molecule has 2 aliphatic rings. The molecule has 2 aliphatic carbocycles. The molecule has 3 unspecified atom stereocenters. The Labute approximate surface area is 125 Å². The lowest BCUT2D eigenvalue weighted by Gasteiger charge is -2.23. The number of aryl methyl sites for hydroxylation is 1. The van der Waals surface area contributed by atoms with Gasteiger partial charge in [-0.1, -0.05) is 12.5 Å². The Bertz CT molecular complexity index is 684. The molecule has 2 saturated carbocycles. The van der Waals surface area contributed by atoms with E-state index < -0.39 is 10.0 Å². The van der Waals surface area contributed by atoms with Crippen LogP contribution in [0.2, 0.25) is 0 Å². The highest BCUT2D eigenvalue weighted by atomic mass is 32.2. The summed E-state index contributed by atoms with van der Waals surface area (Å²) in [6.07, 6.45) is 4.72. The summed E-state index contributed by atoms with van der Waals surface area (Å²) in [6, 6.07) is 4.65. The Morgan fingerprint density at radius 1 is 1.29 bits per heavy atom. The Balaban J connectivity index is 1.81. The van der Waals surface area contributed by atoms with Crippen molar-refractivity contribution < 1.29 is 13.2 Å². The number of hydrogen-bond donors (Lipinski definition) is 2. The second kappa shape index (κ2) is 5.10. The van der Waals surface area contributed by atoms with Gasteiger partial charge in [-0.25, -0.2) is 13.6 Å². The lowest BCUT2D eigenvalue weighted by Crippen LogP contribution is -2.38. The van der Waals surface area contributed by atoms with Crippen LogP contribution in [0.3, 0.4) is 0 Å². The highest BCUT2D eigenvalue weighted by Gasteiger charge is 2.40. The van der Waals surface area contributed by atoms with Gasteiger partial charge in [0, 0.05) is 11.6 Å². The Kier molecular flexibility index (Phi) is 3.53. The Hall–Kier alpha value is -1.40. The quantitative estimate of drug-likeness (QED) is 0.888. The lowest BCUT2D eigenvalue weighted by atomic mass is 9.95. The molecular weight excluding hydrogens is 288 g/mol. The second-order valence-electron chi connectivity index (χ2n) is 6.28. The first-order chi connectivity index (χ1) is 9.84. The molecule has 1 aromatic rings. The fraction of sp³-hybridized carbons (Fsp3) is 0.533. The van der Waals surface area contributed by atoms with E-state index in [4.69, 9.17) is 5.14 Å². The van der Waals surface area contributed by atoms with Crippen molar-refractivity contribution in [1.82, 2.24) is 5.32 Å². The number of hydrogen-bond acceptors (Lipinski definition) is 3. The summed E-state index contributed by atoms with van der Waals surface area (Å²) in [5.74, 6) is 1.13. The number of carbonyl (C=O) groups excluding carboxylic acids is 1. The number of sulfonamides is 1. The molecular formula is C15H20N2O3S. The van der Waals surface area contributed by atoms with Gasteiger partial charge in [-0.2, -0.15) is 0 Å². The number of amides is 1. The van der Waals surface area contributed by atoms with Gasteiger partial charge in [-0.05, 0) is 55.7 Å². The predicted molar refractivity (Wildman–Crippen MR) is 79.3 cm³/mol. The van der Waals surface area contributed by atoms with Crippen molar-refractivity contribution in [2.45, 2.75) is 43.5 Å². The summed E-state index contributed by atoms with van der Waals surface area (Å²) < 4.78 is 22.8. The third-order valence-corrected chi connectivity index (χ3v) is 5.75. The average molecular weight is 308 g/mol. The van der Waals surface area contributed by atoms with Gasteiger partial charge in [-0.3, -0.25) is 4.79 Å². The summed E-state index contributed by atoms with van der Waals surface area (Å²) in [4.78, 5) is 12.4. The van der Waals surface area contributed by atoms with Gasteiger partial charge in [0.15, 0.2) is 0 Å². The smallest absolute Gasteiger partial charge is 0.251 e. The number of carbonyl (C=O) groups is 1. The minimum absolute atomic E-state index is 0.0220. The minimum Gasteiger partial charge on any atom is -0.349 e. The van der Waals surface area contributed by atoms with E-state index in [9.17, 15) is 13.2 Å². The van der Waals surface area contributed by atoms with E-state index in [1.807, 2.05) is 0 Å². The molecule has 0 aromatic heterocycles. The maximum atomic E-state index is 12.4. The molecule has 0 spiro atoms. The van der Waals surface area contributed by atoms with E-state index in [2.05, 4.69) is 5.32 Å². The summed E-state index contributed by atoms with van der Waals surface area (Å²) in [7, 11) is -3.79. The van der Waals surface area contributed by atoms with Gasteiger partial charge in [-0.15, -0.1) is 0 Å². The van der Waals surface area contributed by atoms with E-state index in [1.165, 1.54) is 31.4 Å². The van der Waals surface area contributed by atoms with Crippen LogP contribution in [0, 0.1) is 18.8 Å². The lowest BCUT2D eigenvalue weighted by molar-refractivity contribution is 0.0922. The number of primary sulfonamides is 1. The van der Waals surface area contributed by atoms with Crippen molar-refractivity contribution in [2.24, 2.45) is 17.0 Å². The third kappa shape index (κ3) is 2.82. The van der Waals surface area contributed by atoms with Crippen LogP contribution in [-0.4, -0.2) is 20.4 Å². The molecule has 0 saturated heterocycles. The van der Waals surface area contributed by atoms with Crippen molar-refractivity contribution in [3.05, 3.63) is 29.3 Å². The molecule has 6 heteroatoms. The fourth-order valence-electron chi connectivity index (χ4n) is 3.69. The normalized spacial score (nSPS) is 27.8. The molecule has 3 atom stereocenters. The average Bonchev–Trinajstić information content (AvgIpc) is 2.99. The van der Waals surface area contributed by atoms with E-state index in [0.717, 1.165) is 17.9 Å². The van der Waals surface area contributed by atoms with Crippen molar-refractivity contribution >= 4 is 15.9 Å². The summed E-state index contributed by atoms with van der Waals surface area (Å²) in [6.45, 7) is 1.79. The van der Waals surface area contributed by atoms with Crippen molar-refractivity contribution in [1.29, 1.82) is 0 Å². The number of nitrogens with one attached hydrogen (secondary N) is 1. The summed E-state index contributed by atoms with van der Waals surface area (Å²) in [5.41, 5.74) is 1.15. The molecule has 0 radical (unpaired) electrons. The van der Waals surface area contributed by atoms with Gasteiger partial charge in [0.05, 0.1) is 4.90 Å². The molecule has 0 aliphatic heterocycles. The zero-order chi connectivity index (χ0) is 15.2. The van der Waals surface area contributed by atoms with Gasteiger partial charge in [0.2, 0.25) is 10.0 Å². The number of nitrogens with two attached hydrogens (primary N) is 1. The molecule has 3 N–H and O–H groups in total. The molecule has 2 bridgehead atoms. The maximum absolute atomic E-state index is 12.4. The Morgan fingerprint density at radius 3 is 2.62 bits per heavy atom. The molecule has 1 aromatic carbocycles. The van der Waals surface area contributed by atoms with E-state index >= 15 is 0 Å². The topological polar surface area (TPSA) is 89.3 Å². The van der Waals surface area contributed by atoms with Crippen LogP contribution >= 0.6 is 0 Å². The number of fused-ring (bicyclic) bond motifs is 2. The monoisotopic (exact) mass is 308 g/mol. The van der Waals surface area contributed by atoms with Crippen LogP contribution in [-0.2, 0) is 10.0 Å². The van der Waals surface area contributed by atoms with Crippen LogP contribution in [0.1, 0.15) is 41.6 Å². The van der Waals surface area contributed by atoms with Crippen LogP contribution in [0.4, 0.5) is 0 Å². The molecule has 0 heterocycles. The van der Waals surface area contributed by atoms with Crippen molar-refractivity contribution in [2.75, 3.05) is 0 Å². The Morgan fingerprint density at radius 2 is 2.05 bits per heavy atom.